The van der Waals surface area contributed by atoms with E-state index in [0.29, 0.717) is 12.3 Å². The van der Waals surface area contributed by atoms with Gasteiger partial charge in [0.2, 0.25) is 10.0 Å². The second kappa shape index (κ2) is 7.15. The van der Waals surface area contributed by atoms with E-state index in [1.54, 1.807) is 22.7 Å². The van der Waals surface area contributed by atoms with Gasteiger partial charge in [-0.3, -0.25) is 0 Å². The van der Waals surface area contributed by atoms with Gasteiger partial charge in [-0.15, -0.1) is 0 Å². The van der Waals surface area contributed by atoms with Gasteiger partial charge in [0.05, 0.1) is 12.8 Å². The minimum atomic E-state index is -3.49. The molecule has 0 unspecified atom stereocenters. The van der Waals surface area contributed by atoms with Gasteiger partial charge in [0.1, 0.15) is 5.76 Å². The molecule has 5 heteroatoms. The number of sulfonamides is 1. The molecule has 0 bridgehead atoms. The third-order valence-corrected chi connectivity index (χ3v) is 5.74. The zero-order valence-electron chi connectivity index (χ0n) is 13.0. The number of furan rings is 1. The molecule has 1 aromatic carbocycles. The maximum Gasteiger partial charge on any atom is 0.236 e. The van der Waals surface area contributed by atoms with Crippen molar-refractivity contribution >= 4 is 16.1 Å². The minimum absolute atomic E-state index is 0.0607. The molecular weight excluding hydrogens is 310 g/mol. The predicted octanol–water partition coefficient (Wildman–Crippen LogP) is 4.02. The summed E-state index contributed by atoms with van der Waals surface area (Å²) in [5.41, 5.74) is 0.875. The van der Waals surface area contributed by atoms with Crippen LogP contribution in [0.3, 0.4) is 0 Å². The van der Waals surface area contributed by atoms with Crippen LogP contribution < -0.4 is 0 Å². The average molecular weight is 331 g/mol. The maximum atomic E-state index is 12.8. The van der Waals surface area contributed by atoms with Gasteiger partial charge in [-0.25, -0.2) is 8.42 Å². The highest BCUT2D eigenvalue weighted by molar-refractivity contribution is 7.92. The molecule has 122 valence electrons. The Balaban J connectivity index is 1.83. The van der Waals surface area contributed by atoms with Crippen molar-refractivity contribution < 1.29 is 12.8 Å². The summed E-state index contributed by atoms with van der Waals surface area (Å²) in [6.07, 6.45) is 7.22. The van der Waals surface area contributed by atoms with Gasteiger partial charge in [-0.05, 0) is 36.6 Å². The van der Waals surface area contributed by atoms with Crippen molar-refractivity contribution in [3.8, 4) is 0 Å². The molecule has 0 spiro atoms. The molecule has 4 nitrogen and oxygen atoms in total. The summed E-state index contributed by atoms with van der Waals surface area (Å²) in [4.78, 5) is 0. The predicted molar refractivity (Wildman–Crippen MR) is 90.9 cm³/mol. The first kappa shape index (κ1) is 16.0. The second-order valence-corrected chi connectivity index (χ2v) is 7.59. The van der Waals surface area contributed by atoms with E-state index >= 15 is 0 Å². The molecule has 1 fully saturated rings. The number of rotatable bonds is 6. The summed E-state index contributed by atoms with van der Waals surface area (Å²) in [7, 11) is -3.49. The van der Waals surface area contributed by atoms with E-state index < -0.39 is 10.0 Å². The van der Waals surface area contributed by atoms with Crippen LogP contribution in [0.2, 0.25) is 0 Å². The van der Waals surface area contributed by atoms with Crippen molar-refractivity contribution in [1.82, 2.24) is 4.31 Å². The summed E-state index contributed by atoms with van der Waals surface area (Å²) in [6.45, 7) is 0.291. The summed E-state index contributed by atoms with van der Waals surface area (Å²) in [6, 6.07) is 13.1. The van der Waals surface area contributed by atoms with Crippen LogP contribution >= 0.6 is 0 Å². The zero-order chi connectivity index (χ0) is 16.1. The largest absolute Gasteiger partial charge is 0.468 e. The monoisotopic (exact) mass is 331 g/mol. The lowest BCUT2D eigenvalue weighted by molar-refractivity contribution is 0.295. The van der Waals surface area contributed by atoms with Gasteiger partial charge in [-0.2, -0.15) is 4.31 Å². The van der Waals surface area contributed by atoms with Crippen LogP contribution in [0.1, 0.15) is 37.0 Å². The van der Waals surface area contributed by atoms with Gasteiger partial charge in [-0.1, -0.05) is 43.2 Å². The fourth-order valence-corrected chi connectivity index (χ4v) is 4.40. The average Bonchev–Trinajstić information content (AvgIpc) is 3.25. The highest BCUT2D eigenvalue weighted by atomic mass is 32.2. The lowest BCUT2D eigenvalue weighted by Crippen LogP contribution is -2.36. The third kappa shape index (κ3) is 4.12. The van der Waals surface area contributed by atoms with Gasteiger partial charge < -0.3 is 4.42 Å². The van der Waals surface area contributed by atoms with E-state index in [9.17, 15) is 8.42 Å². The molecule has 2 aromatic rings. The molecule has 1 aliphatic carbocycles. The molecule has 0 saturated heterocycles. The minimum Gasteiger partial charge on any atom is -0.468 e. The van der Waals surface area contributed by atoms with E-state index in [4.69, 9.17) is 4.42 Å². The topological polar surface area (TPSA) is 50.5 Å². The number of hydrogen-bond acceptors (Lipinski definition) is 3. The second-order valence-electron chi connectivity index (χ2n) is 5.82. The van der Waals surface area contributed by atoms with Crippen LogP contribution in [0.4, 0.5) is 0 Å². The first-order valence-corrected chi connectivity index (χ1v) is 9.43. The van der Waals surface area contributed by atoms with Crippen LogP contribution in [0.5, 0.6) is 0 Å². The molecule has 0 N–H and O–H groups in total. The van der Waals surface area contributed by atoms with E-state index in [1.165, 1.54) is 5.41 Å². The molecular formula is C18H21NO3S. The van der Waals surface area contributed by atoms with E-state index in [0.717, 1.165) is 31.2 Å². The highest BCUT2D eigenvalue weighted by Gasteiger charge is 2.31. The molecule has 0 amide bonds. The van der Waals surface area contributed by atoms with Crippen molar-refractivity contribution in [3.63, 3.8) is 0 Å². The van der Waals surface area contributed by atoms with E-state index in [2.05, 4.69) is 0 Å². The molecule has 0 aliphatic heterocycles. The third-order valence-electron chi connectivity index (χ3n) is 4.18. The van der Waals surface area contributed by atoms with Crippen LogP contribution in [0, 0.1) is 0 Å². The van der Waals surface area contributed by atoms with Gasteiger partial charge in [0.25, 0.3) is 0 Å². The lowest BCUT2D eigenvalue weighted by Gasteiger charge is -2.25. The van der Waals surface area contributed by atoms with Crippen molar-refractivity contribution in [2.45, 2.75) is 38.3 Å². The molecule has 1 aliphatic rings. The summed E-state index contributed by atoms with van der Waals surface area (Å²) >= 11 is 0. The molecule has 1 saturated carbocycles. The van der Waals surface area contributed by atoms with Crippen LogP contribution in [-0.4, -0.2) is 18.8 Å². The van der Waals surface area contributed by atoms with Gasteiger partial charge in [0.15, 0.2) is 0 Å². The first-order chi connectivity index (χ1) is 11.1. The van der Waals surface area contributed by atoms with Crippen LogP contribution in [-0.2, 0) is 16.6 Å². The maximum absolute atomic E-state index is 12.8. The van der Waals surface area contributed by atoms with Crippen molar-refractivity contribution in [1.29, 1.82) is 0 Å². The Kier molecular flexibility index (Phi) is 4.98. The SMILES string of the molecule is O=S(=O)(C=Cc1ccccc1)N(Cc1ccco1)C1CCCC1. The highest BCUT2D eigenvalue weighted by Crippen LogP contribution is 2.28. The van der Waals surface area contributed by atoms with Crippen molar-refractivity contribution in [2.24, 2.45) is 0 Å². The fraction of sp³-hybridized carbons (Fsp3) is 0.333. The Morgan fingerprint density at radius 1 is 1.09 bits per heavy atom. The molecule has 0 radical (unpaired) electrons. The van der Waals surface area contributed by atoms with Gasteiger partial charge in [0, 0.05) is 11.4 Å². The Morgan fingerprint density at radius 2 is 1.83 bits per heavy atom. The summed E-state index contributed by atoms with van der Waals surface area (Å²) in [5, 5.41) is 1.31. The molecule has 1 heterocycles. The summed E-state index contributed by atoms with van der Waals surface area (Å²) < 4.78 is 32.6. The van der Waals surface area contributed by atoms with Gasteiger partial charge >= 0.3 is 0 Å². The van der Waals surface area contributed by atoms with Crippen LogP contribution in [0.25, 0.3) is 6.08 Å². The molecule has 3 rings (SSSR count). The normalized spacial score (nSPS) is 16.6. The quantitative estimate of drug-likeness (QED) is 0.803. The Labute approximate surface area is 137 Å². The standard InChI is InChI=1S/C18H21NO3S/c20-23(21,14-12-16-7-2-1-3-8-16)19(17-9-4-5-10-17)15-18-11-6-13-22-18/h1-3,6-8,11-14,17H,4-5,9-10,15H2. The zero-order valence-corrected chi connectivity index (χ0v) is 13.8. The lowest BCUT2D eigenvalue weighted by atomic mass is 10.2. The molecule has 1 aromatic heterocycles. The van der Waals surface area contributed by atoms with Crippen molar-refractivity contribution in [3.05, 3.63) is 65.5 Å². The molecule has 23 heavy (non-hydrogen) atoms. The van der Waals surface area contributed by atoms with Crippen molar-refractivity contribution in [2.75, 3.05) is 0 Å². The smallest absolute Gasteiger partial charge is 0.236 e. The van der Waals surface area contributed by atoms with Crippen LogP contribution in [0.15, 0.2) is 58.6 Å². The Morgan fingerprint density at radius 3 is 2.48 bits per heavy atom. The first-order valence-electron chi connectivity index (χ1n) is 7.92. The summed E-state index contributed by atoms with van der Waals surface area (Å²) in [5.74, 6) is 0.675. The number of hydrogen-bond donors (Lipinski definition) is 0. The number of benzene rings is 1. The Hall–Kier alpha value is -1.85. The Bertz CT molecular complexity index is 730. The number of nitrogens with zero attached hydrogens (tertiary/aromatic N) is 1. The fourth-order valence-electron chi connectivity index (χ4n) is 2.98. The molecule has 0 atom stereocenters. The van der Waals surface area contributed by atoms with E-state index in [-0.39, 0.29) is 6.04 Å². The van der Waals surface area contributed by atoms with E-state index in [1.807, 2.05) is 36.4 Å².